The lowest BCUT2D eigenvalue weighted by molar-refractivity contribution is 0.144. The van der Waals surface area contributed by atoms with Gasteiger partial charge in [-0.25, -0.2) is 0 Å². The number of oxime groups is 1. The molecular formula is C10H23N3O. The zero-order chi connectivity index (χ0) is 11.4. The topological polar surface area (TPSA) is 61.8 Å². The van der Waals surface area contributed by atoms with Gasteiger partial charge in [-0.15, -0.1) is 0 Å². The highest BCUT2D eigenvalue weighted by atomic mass is 16.4. The zero-order valence-corrected chi connectivity index (χ0v) is 9.91. The molecule has 0 rings (SSSR count). The van der Waals surface area contributed by atoms with E-state index in [1.165, 1.54) is 0 Å². The Labute approximate surface area is 86.8 Å². The van der Waals surface area contributed by atoms with Gasteiger partial charge in [0.05, 0.1) is 0 Å². The molecule has 0 bridgehead atoms. The lowest BCUT2D eigenvalue weighted by Gasteiger charge is -2.35. The summed E-state index contributed by atoms with van der Waals surface area (Å²) in [6, 6.07) is 0.467. The first-order chi connectivity index (χ1) is 6.29. The van der Waals surface area contributed by atoms with Crippen LogP contribution in [0.15, 0.2) is 5.16 Å². The zero-order valence-electron chi connectivity index (χ0n) is 9.91. The monoisotopic (exact) mass is 201 g/mol. The van der Waals surface area contributed by atoms with E-state index in [9.17, 15) is 0 Å². The lowest BCUT2D eigenvalue weighted by Crippen LogP contribution is -2.40. The fourth-order valence-corrected chi connectivity index (χ4v) is 1.20. The minimum atomic E-state index is 0.250. The van der Waals surface area contributed by atoms with Gasteiger partial charge >= 0.3 is 0 Å². The van der Waals surface area contributed by atoms with Crippen molar-refractivity contribution in [2.45, 2.75) is 40.2 Å². The van der Waals surface area contributed by atoms with Gasteiger partial charge in [-0.3, -0.25) is 0 Å². The normalized spacial score (nSPS) is 16.0. The maximum Gasteiger partial charge on any atom is 0.140 e. The highest BCUT2D eigenvalue weighted by Gasteiger charge is 2.23. The Bertz CT molecular complexity index is 196. The van der Waals surface area contributed by atoms with Gasteiger partial charge in [0, 0.05) is 19.0 Å². The summed E-state index contributed by atoms with van der Waals surface area (Å²) in [6.07, 6.45) is 0.605. The van der Waals surface area contributed by atoms with Crippen LogP contribution in [0.5, 0.6) is 0 Å². The first kappa shape index (κ1) is 13.2. The first-order valence-electron chi connectivity index (χ1n) is 4.95. The van der Waals surface area contributed by atoms with Crippen molar-refractivity contribution in [3.8, 4) is 0 Å². The molecule has 4 nitrogen and oxygen atoms in total. The molecule has 0 saturated carbocycles. The minimum absolute atomic E-state index is 0.250. The fourth-order valence-electron chi connectivity index (χ4n) is 1.20. The molecule has 0 aromatic rings. The summed E-state index contributed by atoms with van der Waals surface area (Å²) >= 11 is 0. The van der Waals surface area contributed by atoms with Gasteiger partial charge in [0.1, 0.15) is 5.84 Å². The number of nitrogens with zero attached hydrogens (tertiary/aromatic N) is 2. The predicted octanol–water partition coefficient (Wildman–Crippen LogP) is 1.49. The molecule has 4 heteroatoms. The summed E-state index contributed by atoms with van der Waals surface area (Å²) < 4.78 is 0. The number of amidine groups is 1. The highest BCUT2D eigenvalue weighted by Crippen LogP contribution is 2.22. The van der Waals surface area contributed by atoms with Gasteiger partial charge < -0.3 is 15.8 Å². The summed E-state index contributed by atoms with van der Waals surface area (Å²) in [7, 11) is 2.06. The largest absolute Gasteiger partial charge is 0.409 e. The molecule has 0 saturated heterocycles. The van der Waals surface area contributed by atoms with E-state index in [0.29, 0.717) is 12.5 Å². The van der Waals surface area contributed by atoms with Crippen LogP contribution in [0.4, 0.5) is 0 Å². The Morgan fingerprint density at radius 2 is 2.00 bits per heavy atom. The third-order valence-corrected chi connectivity index (χ3v) is 2.76. The van der Waals surface area contributed by atoms with E-state index in [1.807, 2.05) is 0 Å². The summed E-state index contributed by atoms with van der Waals surface area (Å²) in [5, 5.41) is 11.3. The van der Waals surface area contributed by atoms with Crippen molar-refractivity contribution in [2.24, 2.45) is 16.3 Å². The van der Waals surface area contributed by atoms with Gasteiger partial charge in [0.15, 0.2) is 0 Å². The molecule has 84 valence electrons. The molecule has 3 N–H and O–H groups in total. The van der Waals surface area contributed by atoms with E-state index in [1.54, 1.807) is 0 Å². The van der Waals surface area contributed by atoms with Crippen molar-refractivity contribution in [3.63, 3.8) is 0 Å². The van der Waals surface area contributed by atoms with Gasteiger partial charge in [0.2, 0.25) is 0 Å². The Kier molecular flexibility index (Phi) is 4.91. The predicted molar refractivity (Wildman–Crippen MR) is 59.6 cm³/mol. The summed E-state index contributed by atoms with van der Waals surface area (Å²) in [5.41, 5.74) is 5.65. The summed E-state index contributed by atoms with van der Waals surface area (Å²) in [4.78, 5) is 2.22. The number of hydrogen-bond donors (Lipinski definition) is 2. The van der Waals surface area contributed by atoms with Crippen LogP contribution >= 0.6 is 0 Å². The maximum absolute atomic E-state index is 8.39. The summed E-state index contributed by atoms with van der Waals surface area (Å²) in [6.45, 7) is 9.62. The second-order valence-electron chi connectivity index (χ2n) is 4.86. The highest BCUT2D eigenvalue weighted by molar-refractivity contribution is 5.79. The van der Waals surface area contributed by atoms with Gasteiger partial charge in [-0.2, -0.15) is 0 Å². The number of hydrogen-bond acceptors (Lipinski definition) is 3. The molecule has 0 radical (unpaired) electrons. The molecule has 14 heavy (non-hydrogen) atoms. The SMILES string of the molecule is CC(N(C)CCC(N)=NO)C(C)(C)C. The molecular weight excluding hydrogens is 178 g/mol. The second-order valence-corrected chi connectivity index (χ2v) is 4.86. The number of nitrogens with two attached hydrogens (primary N) is 1. The van der Waals surface area contributed by atoms with Gasteiger partial charge in [0.25, 0.3) is 0 Å². The van der Waals surface area contributed by atoms with E-state index in [-0.39, 0.29) is 11.3 Å². The third kappa shape index (κ3) is 4.46. The summed E-state index contributed by atoms with van der Waals surface area (Å²) in [5.74, 6) is 0.290. The standard InChI is InChI=1S/C10H23N3O/c1-8(10(2,3)4)13(5)7-6-9(11)12-14/h8,14H,6-7H2,1-5H3,(H2,11,12). The van der Waals surface area contributed by atoms with E-state index in [4.69, 9.17) is 10.9 Å². The molecule has 0 aliphatic heterocycles. The van der Waals surface area contributed by atoms with Crippen LogP contribution in [0.25, 0.3) is 0 Å². The second kappa shape index (κ2) is 5.20. The van der Waals surface area contributed by atoms with Crippen LogP contribution in [0.3, 0.4) is 0 Å². The van der Waals surface area contributed by atoms with Crippen molar-refractivity contribution in [2.75, 3.05) is 13.6 Å². The average Bonchev–Trinajstić information content (AvgIpc) is 2.10. The van der Waals surface area contributed by atoms with Crippen LogP contribution in [0, 0.1) is 5.41 Å². The Hall–Kier alpha value is -0.770. The molecule has 0 amide bonds. The van der Waals surface area contributed by atoms with Crippen LogP contribution in [0.1, 0.15) is 34.1 Å². The molecule has 1 unspecified atom stereocenters. The lowest BCUT2D eigenvalue weighted by atomic mass is 9.87. The smallest absolute Gasteiger partial charge is 0.140 e. The van der Waals surface area contributed by atoms with Crippen LogP contribution < -0.4 is 5.73 Å². The van der Waals surface area contributed by atoms with Crippen LogP contribution in [-0.2, 0) is 0 Å². The molecule has 0 heterocycles. The van der Waals surface area contributed by atoms with Gasteiger partial charge in [-0.1, -0.05) is 25.9 Å². The third-order valence-electron chi connectivity index (χ3n) is 2.76. The van der Waals surface area contributed by atoms with E-state index < -0.39 is 0 Å². The van der Waals surface area contributed by atoms with Crippen molar-refractivity contribution in [1.82, 2.24) is 4.90 Å². The fraction of sp³-hybridized carbons (Fsp3) is 0.900. The molecule has 0 aromatic heterocycles. The molecule has 0 aromatic carbocycles. The Morgan fingerprint density at radius 3 is 2.36 bits per heavy atom. The number of rotatable bonds is 4. The van der Waals surface area contributed by atoms with E-state index in [0.717, 1.165) is 6.54 Å². The van der Waals surface area contributed by atoms with Crippen molar-refractivity contribution < 1.29 is 5.21 Å². The van der Waals surface area contributed by atoms with E-state index in [2.05, 4.69) is 44.8 Å². The van der Waals surface area contributed by atoms with Crippen LogP contribution in [0.2, 0.25) is 0 Å². The first-order valence-corrected chi connectivity index (χ1v) is 4.95. The van der Waals surface area contributed by atoms with E-state index >= 15 is 0 Å². The van der Waals surface area contributed by atoms with Crippen LogP contribution in [-0.4, -0.2) is 35.6 Å². The molecule has 0 aliphatic rings. The average molecular weight is 201 g/mol. The Morgan fingerprint density at radius 1 is 1.50 bits per heavy atom. The van der Waals surface area contributed by atoms with Crippen molar-refractivity contribution >= 4 is 5.84 Å². The van der Waals surface area contributed by atoms with Gasteiger partial charge in [-0.05, 0) is 19.4 Å². The van der Waals surface area contributed by atoms with Crippen molar-refractivity contribution in [3.05, 3.63) is 0 Å². The Balaban J connectivity index is 4.03. The molecule has 0 spiro atoms. The van der Waals surface area contributed by atoms with Crippen molar-refractivity contribution in [1.29, 1.82) is 0 Å². The molecule has 1 atom stereocenters. The maximum atomic E-state index is 8.39. The minimum Gasteiger partial charge on any atom is -0.409 e. The molecule has 0 aliphatic carbocycles. The molecule has 0 fully saturated rings. The quantitative estimate of drug-likeness (QED) is 0.313.